The lowest BCUT2D eigenvalue weighted by atomic mass is 9.89. The Hall–Kier alpha value is -2.37. The molecule has 1 saturated heterocycles. The molecule has 2 aromatic rings. The number of benzene rings is 2. The van der Waals surface area contributed by atoms with Crippen molar-refractivity contribution in [3.63, 3.8) is 0 Å². The smallest absolute Gasteiger partial charge is 0.260 e. The minimum atomic E-state index is -0.134. The van der Waals surface area contributed by atoms with Crippen LogP contribution in [-0.2, 0) is 16.0 Å². The average molecular weight is 462 g/mol. The van der Waals surface area contributed by atoms with Gasteiger partial charge in [0.2, 0.25) is 0 Å². The number of hydrogen-bond acceptors (Lipinski definition) is 4. The Morgan fingerprint density at radius 3 is 2.29 bits per heavy atom. The Morgan fingerprint density at radius 2 is 1.68 bits per heavy atom. The molecule has 0 radical (unpaired) electrons. The highest BCUT2D eigenvalue weighted by Gasteiger charge is 2.28. The van der Waals surface area contributed by atoms with Crippen molar-refractivity contribution in [1.82, 2.24) is 4.90 Å². The molecule has 5 nitrogen and oxygen atoms in total. The molecule has 1 fully saturated rings. The van der Waals surface area contributed by atoms with E-state index in [1.807, 2.05) is 24.3 Å². The minimum Gasteiger partial charge on any atom is -0.484 e. The van der Waals surface area contributed by atoms with Crippen molar-refractivity contribution in [3.05, 3.63) is 63.6 Å². The highest BCUT2D eigenvalue weighted by atomic mass is 35.5. The summed E-state index contributed by atoms with van der Waals surface area (Å²) < 4.78 is 5.62. The number of Topliss-reactive ketones (excluding diaryl/α,β-unsaturated/α-hetero) is 2. The molecule has 2 aromatic carbocycles. The fourth-order valence-electron chi connectivity index (χ4n) is 3.59. The second-order valence-corrected chi connectivity index (χ2v) is 8.60. The van der Waals surface area contributed by atoms with E-state index in [2.05, 4.69) is 0 Å². The van der Waals surface area contributed by atoms with Crippen LogP contribution in [0.3, 0.4) is 0 Å². The number of ether oxygens (including phenoxy) is 1. The molecule has 0 saturated carbocycles. The molecule has 31 heavy (non-hydrogen) atoms. The number of hydrogen-bond donors (Lipinski definition) is 0. The van der Waals surface area contributed by atoms with Gasteiger partial charge in [-0.15, -0.1) is 0 Å². The van der Waals surface area contributed by atoms with Gasteiger partial charge in [0.1, 0.15) is 11.5 Å². The zero-order valence-corrected chi connectivity index (χ0v) is 18.9. The molecule has 164 valence electrons. The summed E-state index contributed by atoms with van der Waals surface area (Å²) in [5, 5.41) is 0.786. The summed E-state index contributed by atoms with van der Waals surface area (Å²) in [5.74, 6) is 0.579. The lowest BCUT2D eigenvalue weighted by molar-refractivity contribution is -0.134. The summed E-state index contributed by atoms with van der Waals surface area (Å²) in [6.07, 6.45) is 2.43. The van der Waals surface area contributed by atoms with Crippen LogP contribution < -0.4 is 4.74 Å². The first-order valence-electron chi connectivity index (χ1n) is 10.3. The van der Waals surface area contributed by atoms with Crippen LogP contribution in [0.1, 0.15) is 42.1 Å². The van der Waals surface area contributed by atoms with Gasteiger partial charge in [-0.25, -0.2) is 0 Å². The fraction of sp³-hybridized carbons (Fsp3) is 0.375. The van der Waals surface area contributed by atoms with Crippen LogP contribution in [0.25, 0.3) is 0 Å². The van der Waals surface area contributed by atoms with Crippen molar-refractivity contribution >= 4 is 40.7 Å². The van der Waals surface area contributed by atoms with Crippen molar-refractivity contribution in [2.45, 2.75) is 32.6 Å². The summed E-state index contributed by atoms with van der Waals surface area (Å²) in [6.45, 7) is 2.57. The van der Waals surface area contributed by atoms with Gasteiger partial charge in [-0.2, -0.15) is 0 Å². The maximum Gasteiger partial charge on any atom is 0.260 e. The van der Waals surface area contributed by atoms with Crippen LogP contribution in [0.4, 0.5) is 0 Å². The summed E-state index contributed by atoms with van der Waals surface area (Å²) in [6, 6.07) is 12.3. The Labute approximate surface area is 192 Å². The molecule has 1 aliphatic rings. The summed E-state index contributed by atoms with van der Waals surface area (Å²) >= 11 is 11.9. The van der Waals surface area contributed by atoms with E-state index >= 15 is 0 Å². The average Bonchev–Trinajstić information content (AvgIpc) is 2.78. The number of amides is 1. The molecule has 0 bridgehead atoms. The number of piperidine rings is 1. The van der Waals surface area contributed by atoms with Crippen LogP contribution in [0.5, 0.6) is 5.75 Å². The number of rotatable bonds is 8. The van der Waals surface area contributed by atoms with Crippen molar-refractivity contribution in [2.24, 2.45) is 5.92 Å². The number of aryl methyl sites for hydroxylation is 1. The van der Waals surface area contributed by atoms with Gasteiger partial charge in [-0.1, -0.05) is 35.3 Å². The van der Waals surface area contributed by atoms with Crippen LogP contribution in [-0.4, -0.2) is 42.1 Å². The molecular formula is C24H25Cl2NO4. The molecule has 3 rings (SSSR count). The number of halogens is 2. The zero-order valence-electron chi connectivity index (χ0n) is 17.4. The van der Waals surface area contributed by atoms with E-state index in [1.54, 1.807) is 30.0 Å². The molecule has 0 aromatic heterocycles. The van der Waals surface area contributed by atoms with Crippen LogP contribution >= 0.6 is 23.2 Å². The lowest BCUT2D eigenvalue weighted by Crippen LogP contribution is -2.42. The number of ketones is 2. The second-order valence-electron chi connectivity index (χ2n) is 7.78. The summed E-state index contributed by atoms with van der Waals surface area (Å²) in [5.41, 5.74) is 1.61. The largest absolute Gasteiger partial charge is 0.484 e. The topological polar surface area (TPSA) is 63.7 Å². The van der Waals surface area contributed by atoms with Gasteiger partial charge < -0.3 is 14.4 Å². The van der Waals surface area contributed by atoms with E-state index in [9.17, 15) is 14.4 Å². The molecule has 0 N–H and O–H groups in total. The standard InChI is InChI=1S/C24H25Cl2NO4/c1-16(28)2-3-17-4-7-20(8-5-17)31-15-23(29)27-12-10-18(11-13-27)24(30)19-6-9-21(25)22(26)14-19/h4-9,14,18H,2-3,10-13,15H2,1H3. The van der Waals surface area contributed by atoms with E-state index in [1.165, 1.54) is 0 Å². The van der Waals surface area contributed by atoms with Crippen molar-refractivity contribution in [3.8, 4) is 5.75 Å². The van der Waals surface area contributed by atoms with E-state index in [4.69, 9.17) is 27.9 Å². The Bertz CT molecular complexity index is 951. The maximum atomic E-state index is 12.7. The second kappa shape index (κ2) is 10.8. The van der Waals surface area contributed by atoms with Crippen molar-refractivity contribution in [1.29, 1.82) is 0 Å². The highest BCUT2D eigenvalue weighted by molar-refractivity contribution is 6.42. The monoisotopic (exact) mass is 461 g/mol. The minimum absolute atomic E-state index is 0.0341. The normalized spacial score (nSPS) is 14.4. The summed E-state index contributed by atoms with van der Waals surface area (Å²) in [4.78, 5) is 38.0. The highest BCUT2D eigenvalue weighted by Crippen LogP contribution is 2.27. The first kappa shape index (κ1) is 23.3. The van der Waals surface area contributed by atoms with E-state index in [0.29, 0.717) is 60.1 Å². The molecule has 0 atom stereocenters. The van der Waals surface area contributed by atoms with Crippen LogP contribution in [0.15, 0.2) is 42.5 Å². The Morgan fingerprint density at radius 1 is 1.00 bits per heavy atom. The molecule has 1 heterocycles. The van der Waals surface area contributed by atoms with E-state index in [-0.39, 0.29) is 30.0 Å². The van der Waals surface area contributed by atoms with Crippen molar-refractivity contribution < 1.29 is 19.1 Å². The molecule has 1 amide bonds. The Balaban J connectivity index is 1.45. The van der Waals surface area contributed by atoms with E-state index in [0.717, 1.165) is 5.56 Å². The first-order valence-corrected chi connectivity index (χ1v) is 11.1. The third kappa shape index (κ3) is 6.55. The number of carbonyl (C=O) groups is 3. The predicted molar refractivity (Wildman–Crippen MR) is 121 cm³/mol. The van der Waals surface area contributed by atoms with Gasteiger partial charge in [0, 0.05) is 31.0 Å². The molecule has 7 heteroatoms. The van der Waals surface area contributed by atoms with Gasteiger partial charge in [-0.05, 0) is 62.1 Å². The Kier molecular flexibility index (Phi) is 8.10. The van der Waals surface area contributed by atoms with Crippen molar-refractivity contribution in [2.75, 3.05) is 19.7 Å². The molecule has 0 spiro atoms. The number of nitrogens with zero attached hydrogens (tertiary/aromatic N) is 1. The maximum absolute atomic E-state index is 12.7. The van der Waals surface area contributed by atoms with Gasteiger partial charge in [0.25, 0.3) is 5.91 Å². The predicted octanol–water partition coefficient (Wildman–Crippen LogP) is 5.02. The van der Waals surface area contributed by atoms with Gasteiger partial charge in [-0.3, -0.25) is 9.59 Å². The molecule has 0 aliphatic carbocycles. The van der Waals surface area contributed by atoms with Gasteiger partial charge in [0.05, 0.1) is 10.0 Å². The number of carbonyl (C=O) groups excluding carboxylic acids is 3. The molecule has 0 unspecified atom stereocenters. The number of likely N-dealkylation sites (tertiary alicyclic amines) is 1. The van der Waals surface area contributed by atoms with Crippen LogP contribution in [0, 0.1) is 5.92 Å². The van der Waals surface area contributed by atoms with E-state index < -0.39 is 0 Å². The zero-order chi connectivity index (χ0) is 22.4. The third-order valence-corrected chi connectivity index (χ3v) is 6.21. The summed E-state index contributed by atoms with van der Waals surface area (Å²) in [7, 11) is 0. The van der Waals surface area contributed by atoms with Crippen LogP contribution in [0.2, 0.25) is 10.0 Å². The third-order valence-electron chi connectivity index (χ3n) is 5.47. The fourth-order valence-corrected chi connectivity index (χ4v) is 3.88. The van der Waals surface area contributed by atoms with Gasteiger partial charge in [0.15, 0.2) is 12.4 Å². The first-order chi connectivity index (χ1) is 14.8. The molecular weight excluding hydrogens is 437 g/mol. The quantitative estimate of drug-likeness (QED) is 0.517. The SMILES string of the molecule is CC(=O)CCc1ccc(OCC(=O)N2CCC(C(=O)c3ccc(Cl)c(Cl)c3)CC2)cc1. The van der Waals surface area contributed by atoms with Gasteiger partial charge >= 0.3 is 0 Å². The lowest BCUT2D eigenvalue weighted by Gasteiger charge is -2.31. The molecule has 1 aliphatic heterocycles.